The topological polar surface area (TPSA) is 52.3 Å². The van der Waals surface area contributed by atoms with Crippen LogP contribution in [-0.4, -0.2) is 12.6 Å². The first-order chi connectivity index (χ1) is 10.0. The molecule has 0 aliphatic rings. The van der Waals surface area contributed by atoms with Crippen LogP contribution >= 0.6 is 34.5 Å². The number of nitrogen functional groups attached to an aromatic ring is 1. The van der Waals surface area contributed by atoms with E-state index in [-0.39, 0.29) is 0 Å². The van der Waals surface area contributed by atoms with Crippen molar-refractivity contribution in [1.82, 2.24) is 0 Å². The SMILES string of the molecule is CCOC(=O)c1sc(-c2cccc(Cl)c2Cl)c(CC)c1N. The highest BCUT2D eigenvalue weighted by Crippen LogP contribution is 2.43. The van der Waals surface area contributed by atoms with Crippen molar-refractivity contribution >= 4 is 46.2 Å². The Labute approximate surface area is 137 Å². The molecule has 0 amide bonds. The minimum atomic E-state index is -0.404. The number of ether oxygens (including phenoxy) is 1. The number of carbonyl (C=O) groups excluding carboxylic acids is 1. The first-order valence-electron chi connectivity index (χ1n) is 6.53. The van der Waals surface area contributed by atoms with Gasteiger partial charge >= 0.3 is 5.97 Å². The molecule has 21 heavy (non-hydrogen) atoms. The molecule has 1 heterocycles. The number of benzene rings is 1. The van der Waals surface area contributed by atoms with E-state index in [1.54, 1.807) is 13.0 Å². The fourth-order valence-corrected chi connectivity index (χ4v) is 3.76. The van der Waals surface area contributed by atoms with Gasteiger partial charge in [-0.15, -0.1) is 11.3 Å². The van der Waals surface area contributed by atoms with Gasteiger partial charge < -0.3 is 10.5 Å². The predicted molar refractivity (Wildman–Crippen MR) is 89.5 cm³/mol. The van der Waals surface area contributed by atoms with E-state index in [2.05, 4.69) is 0 Å². The highest BCUT2D eigenvalue weighted by atomic mass is 35.5. The Bertz CT molecular complexity index is 683. The Morgan fingerprint density at radius 2 is 2.05 bits per heavy atom. The van der Waals surface area contributed by atoms with Crippen LogP contribution in [0.2, 0.25) is 10.0 Å². The van der Waals surface area contributed by atoms with Crippen LogP contribution in [0.25, 0.3) is 10.4 Å². The van der Waals surface area contributed by atoms with E-state index in [9.17, 15) is 4.79 Å². The van der Waals surface area contributed by atoms with Gasteiger partial charge in [-0.2, -0.15) is 0 Å². The summed E-state index contributed by atoms with van der Waals surface area (Å²) in [5, 5.41) is 0.936. The standard InChI is InChI=1S/C15H15Cl2NO2S/c1-3-8-12(18)14(15(19)20-4-2)21-13(8)9-6-5-7-10(16)11(9)17/h5-7H,3-4,18H2,1-2H3. The number of carbonyl (C=O) groups is 1. The molecule has 0 unspecified atom stereocenters. The number of halogens is 2. The summed E-state index contributed by atoms with van der Waals surface area (Å²) in [6.07, 6.45) is 0.694. The van der Waals surface area contributed by atoms with E-state index in [1.165, 1.54) is 11.3 Å². The number of hydrogen-bond donors (Lipinski definition) is 1. The van der Waals surface area contributed by atoms with Crippen molar-refractivity contribution < 1.29 is 9.53 Å². The molecule has 2 rings (SSSR count). The van der Waals surface area contributed by atoms with Gasteiger partial charge in [-0.3, -0.25) is 0 Å². The molecule has 0 aliphatic heterocycles. The van der Waals surface area contributed by atoms with Crippen LogP contribution in [0.15, 0.2) is 18.2 Å². The third kappa shape index (κ3) is 3.03. The smallest absolute Gasteiger partial charge is 0.350 e. The van der Waals surface area contributed by atoms with Gasteiger partial charge in [0.05, 0.1) is 22.3 Å². The van der Waals surface area contributed by atoms with Crippen LogP contribution in [-0.2, 0) is 11.2 Å². The van der Waals surface area contributed by atoms with E-state index in [4.69, 9.17) is 33.7 Å². The Balaban J connectivity index is 2.61. The second kappa shape index (κ2) is 6.69. The Kier molecular flexibility index (Phi) is 5.14. The van der Waals surface area contributed by atoms with Crippen LogP contribution in [0.3, 0.4) is 0 Å². The minimum absolute atomic E-state index is 0.310. The number of anilines is 1. The third-order valence-corrected chi connectivity index (χ3v) is 5.14. The molecule has 0 bridgehead atoms. The number of esters is 1. The molecule has 0 saturated carbocycles. The number of thiophene rings is 1. The lowest BCUT2D eigenvalue weighted by atomic mass is 10.1. The Morgan fingerprint density at radius 1 is 1.33 bits per heavy atom. The first kappa shape index (κ1) is 16.1. The molecule has 2 N–H and O–H groups in total. The number of rotatable bonds is 4. The number of hydrogen-bond acceptors (Lipinski definition) is 4. The van der Waals surface area contributed by atoms with E-state index >= 15 is 0 Å². The van der Waals surface area contributed by atoms with Crippen molar-refractivity contribution in [3.05, 3.63) is 38.7 Å². The third-order valence-electron chi connectivity index (χ3n) is 3.06. The van der Waals surface area contributed by atoms with Crippen molar-refractivity contribution in [3.8, 4) is 10.4 Å². The second-order valence-corrected chi connectivity index (χ2v) is 6.13. The van der Waals surface area contributed by atoms with Crippen molar-refractivity contribution in [2.45, 2.75) is 20.3 Å². The zero-order valence-electron chi connectivity index (χ0n) is 11.7. The zero-order chi connectivity index (χ0) is 15.6. The lowest BCUT2D eigenvalue weighted by molar-refractivity contribution is 0.0533. The summed E-state index contributed by atoms with van der Waals surface area (Å²) in [5.74, 6) is -0.404. The lowest BCUT2D eigenvalue weighted by Crippen LogP contribution is -2.05. The summed E-state index contributed by atoms with van der Waals surface area (Å²) in [7, 11) is 0. The van der Waals surface area contributed by atoms with Gasteiger partial charge in [0.15, 0.2) is 0 Å². The summed E-state index contributed by atoms with van der Waals surface area (Å²) in [5.41, 5.74) is 8.25. The average Bonchev–Trinajstić information content (AvgIpc) is 2.79. The normalized spacial score (nSPS) is 10.7. The van der Waals surface area contributed by atoms with Crippen LogP contribution in [0, 0.1) is 0 Å². The fraction of sp³-hybridized carbons (Fsp3) is 0.267. The second-order valence-electron chi connectivity index (χ2n) is 4.33. The summed E-state index contributed by atoms with van der Waals surface area (Å²) in [6, 6.07) is 5.42. The highest BCUT2D eigenvalue weighted by Gasteiger charge is 2.23. The van der Waals surface area contributed by atoms with Gasteiger partial charge in [0.1, 0.15) is 4.88 Å². The van der Waals surface area contributed by atoms with Gasteiger partial charge in [0.25, 0.3) is 0 Å². The highest BCUT2D eigenvalue weighted by molar-refractivity contribution is 7.18. The molecule has 0 spiro atoms. The largest absolute Gasteiger partial charge is 0.462 e. The molecule has 1 aromatic heterocycles. The summed E-state index contributed by atoms with van der Waals surface area (Å²) >= 11 is 13.6. The summed E-state index contributed by atoms with van der Waals surface area (Å²) in [6.45, 7) is 4.05. The van der Waals surface area contributed by atoms with Crippen molar-refractivity contribution in [2.24, 2.45) is 0 Å². The fourth-order valence-electron chi connectivity index (χ4n) is 2.07. The maximum Gasteiger partial charge on any atom is 0.350 e. The molecular weight excluding hydrogens is 329 g/mol. The monoisotopic (exact) mass is 343 g/mol. The van der Waals surface area contributed by atoms with Crippen molar-refractivity contribution in [1.29, 1.82) is 0 Å². The molecule has 2 aromatic rings. The summed E-state index contributed by atoms with van der Waals surface area (Å²) < 4.78 is 5.04. The zero-order valence-corrected chi connectivity index (χ0v) is 14.0. The van der Waals surface area contributed by atoms with Gasteiger partial charge in [0, 0.05) is 10.4 Å². The first-order valence-corrected chi connectivity index (χ1v) is 8.11. The van der Waals surface area contributed by atoms with E-state index < -0.39 is 5.97 Å². The van der Waals surface area contributed by atoms with Gasteiger partial charge in [0.2, 0.25) is 0 Å². The van der Waals surface area contributed by atoms with E-state index in [1.807, 2.05) is 19.1 Å². The Hall–Kier alpha value is -1.23. The average molecular weight is 344 g/mol. The van der Waals surface area contributed by atoms with Crippen molar-refractivity contribution in [2.75, 3.05) is 12.3 Å². The molecule has 1 aromatic carbocycles. The quantitative estimate of drug-likeness (QED) is 0.790. The lowest BCUT2D eigenvalue weighted by Gasteiger charge is -2.06. The molecule has 112 valence electrons. The van der Waals surface area contributed by atoms with Crippen LogP contribution < -0.4 is 5.73 Å². The van der Waals surface area contributed by atoms with Crippen LogP contribution in [0.5, 0.6) is 0 Å². The van der Waals surface area contributed by atoms with Crippen LogP contribution in [0.4, 0.5) is 5.69 Å². The van der Waals surface area contributed by atoms with E-state index in [0.717, 1.165) is 16.0 Å². The maximum atomic E-state index is 12.0. The molecular formula is C15H15Cl2NO2S. The predicted octanol–water partition coefficient (Wildman–Crippen LogP) is 5.04. The molecule has 0 aliphatic carbocycles. The van der Waals surface area contributed by atoms with Gasteiger partial charge in [-0.25, -0.2) is 4.79 Å². The van der Waals surface area contributed by atoms with Gasteiger partial charge in [-0.05, 0) is 25.0 Å². The molecule has 0 saturated heterocycles. The molecule has 3 nitrogen and oxygen atoms in total. The summed E-state index contributed by atoms with van der Waals surface area (Å²) in [4.78, 5) is 13.3. The molecule has 0 radical (unpaired) electrons. The molecule has 6 heteroatoms. The Morgan fingerprint density at radius 3 is 2.67 bits per heavy atom. The maximum absolute atomic E-state index is 12.0. The molecule has 0 atom stereocenters. The van der Waals surface area contributed by atoms with Crippen molar-refractivity contribution in [3.63, 3.8) is 0 Å². The van der Waals surface area contributed by atoms with Gasteiger partial charge in [-0.1, -0.05) is 42.3 Å². The van der Waals surface area contributed by atoms with E-state index in [0.29, 0.717) is 33.6 Å². The van der Waals surface area contributed by atoms with Crippen LogP contribution in [0.1, 0.15) is 29.1 Å². The molecule has 0 fully saturated rings. The minimum Gasteiger partial charge on any atom is -0.462 e. The number of nitrogens with two attached hydrogens (primary N) is 1.